The smallest absolute Gasteiger partial charge is 0.159 e. The molecular formula is C61H39NO2. The van der Waals surface area contributed by atoms with Crippen LogP contribution in [0.25, 0.3) is 77.3 Å². The number of anilines is 3. The summed E-state index contributed by atoms with van der Waals surface area (Å²) in [5.41, 5.74) is 18.1. The van der Waals surface area contributed by atoms with Crippen molar-refractivity contribution in [1.29, 1.82) is 0 Å². The molecule has 0 amide bonds. The van der Waals surface area contributed by atoms with Gasteiger partial charge in [-0.15, -0.1) is 0 Å². The molecule has 12 aromatic rings. The summed E-state index contributed by atoms with van der Waals surface area (Å²) in [5, 5.41) is 4.45. The lowest BCUT2D eigenvalue weighted by atomic mass is 9.68. The van der Waals surface area contributed by atoms with Crippen molar-refractivity contribution >= 4 is 60.9 Å². The van der Waals surface area contributed by atoms with Gasteiger partial charge in [-0.2, -0.15) is 0 Å². The SMILES string of the molecule is c1ccc(C2(c3ccccc3)c3ccccc3-c3cc(N(c4ccc(-c5cccc(-c6cccc7c6oc6ccccc67)c5)cc4)c4cccc5c4oc4ccccc45)ccc32)cc1. The molecule has 300 valence electrons. The molecular weight excluding hydrogens is 779 g/mol. The van der Waals surface area contributed by atoms with Crippen LogP contribution in [0.2, 0.25) is 0 Å². The van der Waals surface area contributed by atoms with Gasteiger partial charge in [0.1, 0.15) is 16.7 Å². The van der Waals surface area contributed by atoms with E-state index in [2.05, 4.69) is 223 Å². The van der Waals surface area contributed by atoms with Gasteiger partial charge in [0.25, 0.3) is 0 Å². The Bertz CT molecular complexity index is 3690. The maximum atomic E-state index is 6.75. The van der Waals surface area contributed by atoms with Crippen molar-refractivity contribution in [2.45, 2.75) is 5.41 Å². The molecule has 0 aliphatic heterocycles. The molecule has 2 aromatic heterocycles. The van der Waals surface area contributed by atoms with Gasteiger partial charge in [0.05, 0.1) is 11.1 Å². The number of fused-ring (bicyclic) bond motifs is 9. The lowest BCUT2D eigenvalue weighted by molar-refractivity contribution is 0.669. The summed E-state index contributed by atoms with van der Waals surface area (Å²) in [6.45, 7) is 0. The second-order valence-electron chi connectivity index (χ2n) is 16.8. The normalized spacial score (nSPS) is 12.8. The van der Waals surface area contributed by atoms with Crippen molar-refractivity contribution in [1.82, 2.24) is 0 Å². The molecule has 0 saturated carbocycles. The number of para-hydroxylation sites is 4. The van der Waals surface area contributed by atoms with E-state index < -0.39 is 5.41 Å². The Balaban J connectivity index is 0.976. The molecule has 10 aromatic carbocycles. The highest BCUT2D eigenvalue weighted by atomic mass is 16.3. The predicted octanol–water partition coefficient (Wildman–Crippen LogP) is 16.7. The summed E-state index contributed by atoms with van der Waals surface area (Å²) in [6, 6.07) is 85.2. The third kappa shape index (κ3) is 5.41. The molecule has 2 heterocycles. The van der Waals surface area contributed by atoms with E-state index in [1.54, 1.807) is 0 Å². The molecule has 0 atom stereocenters. The minimum absolute atomic E-state index is 0.483. The first kappa shape index (κ1) is 36.3. The number of nitrogens with zero attached hydrogens (tertiary/aromatic N) is 1. The first-order valence-electron chi connectivity index (χ1n) is 21.9. The largest absolute Gasteiger partial charge is 0.455 e. The second-order valence-corrected chi connectivity index (χ2v) is 16.8. The monoisotopic (exact) mass is 817 g/mol. The molecule has 0 saturated heterocycles. The van der Waals surface area contributed by atoms with Gasteiger partial charge in [0, 0.05) is 38.5 Å². The number of benzene rings is 10. The van der Waals surface area contributed by atoms with Crippen LogP contribution < -0.4 is 4.90 Å². The van der Waals surface area contributed by atoms with Crippen molar-refractivity contribution < 1.29 is 8.83 Å². The van der Waals surface area contributed by atoms with Crippen molar-refractivity contribution in [2.75, 3.05) is 4.90 Å². The Morgan fingerprint density at radius 3 is 1.58 bits per heavy atom. The fourth-order valence-electron chi connectivity index (χ4n) is 10.6. The van der Waals surface area contributed by atoms with Gasteiger partial charge >= 0.3 is 0 Å². The van der Waals surface area contributed by atoms with Crippen molar-refractivity contribution in [3.8, 4) is 33.4 Å². The van der Waals surface area contributed by atoms with E-state index in [4.69, 9.17) is 8.83 Å². The molecule has 1 aliphatic rings. The average Bonchev–Trinajstić information content (AvgIpc) is 4.04. The van der Waals surface area contributed by atoms with Crippen LogP contribution >= 0.6 is 0 Å². The van der Waals surface area contributed by atoms with Gasteiger partial charge in [0.2, 0.25) is 0 Å². The van der Waals surface area contributed by atoms with E-state index >= 15 is 0 Å². The Hall–Kier alpha value is -8.40. The van der Waals surface area contributed by atoms with Crippen molar-refractivity contribution in [3.63, 3.8) is 0 Å². The first-order chi connectivity index (χ1) is 31.7. The Morgan fingerprint density at radius 2 is 0.844 bits per heavy atom. The molecule has 13 rings (SSSR count). The second kappa shape index (κ2) is 14.3. The third-order valence-corrected chi connectivity index (χ3v) is 13.4. The fraction of sp³-hybridized carbons (Fsp3) is 0.0164. The summed E-state index contributed by atoms with van der Waals surface area (Å²) in [5.74, 6) is 0. The van der Waals surface area contributed by atoms with Crippen LogP contribution in [0.4, 0.5) is 17.1 Å². The molecule has 1 aliphatic carbocycles. The van der Waals surface area contributed by atoms with E-state index in [1.165, 1.54) is 33.4 Å². The van der Waals surface area contributed by atoms with Gasteiger partial charge in [0.15, 0.2) is 5.58 Å². The molecule has 3 heteroatoms. The van der Waals surface area contributed by atoms with E-state index in [9.17, 15) is 0 Å². The summed E-state index contributed by atoms with van der Waals surface area (Å²) >= 11 is 0. The molecule has 0 fully saturated rings. The molecule has 0 spiro atoms. The first-order valence-corrected chi connectivity index (χ1v) is 21.9. The highest BCUT2D eigenvalue weighted by Crippen LogP contribution is 2.57. The minimum atomic E-state index is -0.483. The van der Waals surface area contributed by atoms with Crippen molar-refractivity contribution in [3.05, 3.63) is 259 Å². The molecule has 0 radical (unpaired) electrons. The summed E-state index contributed by atoms with van der Waals surface area (Å²) < 4.78 is 13.2. The van der Waals surface area contributed by atoms with Gasteiger partial charge in [-0.1, -0.05) is 188 Å². The zero-order valence-corrected chi connectivity index (χ0v) is 34.8. The van der Waals surface area contributed by atoms with Crippen LogP contribution in [0.1, 0.15) is 22.3 Å². The van der Waals surface area contributed by atoms with Gasteiger partial charge in [-0.25, -0.2) is 0 Å². The van der Waals surface area contributed by atoms with E-state index in [-0.39, 0.29) is 0 Å². The summed E-state index contributed by atoms with van der Waals surface area (Å²) in [6.07, 6.45) is 0. The fourth-order valence-corrected chi connectivity index (χ4v) is 10.6. The van der Waals surface area contributed by atoms with Gasteiger partial charge < -0.3 is 13.7 Å². The maximum absolute atomic E-state index is 6.75. The van der Waals surface area contributed by atoms with Crippen molar-refractivity contribution in [2.24, 2.45) is 0 Å². The van der Waals surface area contributed by atoms with Crippen LogP contribution in [0.3, 0.4) is 0 Å². The van der Waals surface area contributed by atoms with Crippen LogP contribution in [0.15, 0.2) is 245 Å². The number of hydrogen-bond acceptors (Lipinski definition) is 3. The Labute approximate surface area is 370 Å². The quantitative estimate of drug-likeness (QED) is 0.160. The van der Waals surface area contributed by atoms with Crippen LogP contribution in [-0.2, 0) is 5.41 Å². The van der Waals surface area contributed by atoms with Gasteiger partial charge in [-0.05, 0) is 98.6 Å². The lowest BCUT2D eigenvalue weighted by Gasteiger charge is -2.34. The highest BCUT2D eigenvalue weighted by Gasteiger charge is 2.46. The van der Waals surface area contributed by atoms with E-state index in [0.29, 0.717) is 0 Å². The topological polar surface area (TPSA) is 29.5 Å². The molecule has 3 nitrogen and oxygen atoms in total. The molecule has 64 heavy (non-hydrogen) atoms. The predicted molar refractivity (Wildman–Crippen MR) is 264 cm³/mol. The number of hydrogen-bond donors (Lipinski definition) is 0. The van der Waals surface area contributed by atoms with E-state index in [1.807, 2.05) is 18.2 Å². The summed E-state index contributed by atoms with van der Waals surface area (Å²) in [7, 11) is 0. The standard InChI is InChI=1S/C61H39NO2/c1-3-18-43(19-4-1)61(44-20-5-2-6-21-44)54-28-10-7-22-48(54)53-39-46(36-37-55(53)61)62(56-29-15-27-52-50-24-9-12-31-58(50)64-60(52)56)45-34-32-40(33-35-45)41-16-13-17-42(38-41)47-25-14-26-51-49-23-8-11-30-57(49)63-59(47)51/h1-39H. The van der Waals surface area contributed by atoms with Crippen LogP contribution in [0, 0.1) is 0 Å². The lowest BCUT2D eigenvalue weighted by Crippen LogP contribution is -2.28. The minimum Gasteiger partial charge on any atom is -0.455 e. The van der Waals surface area contributed by atoms with Crippen LogP contribution in [0.5, 0.6) is 0 Å². The summed E-state index contributed by atoms with van der Waals surface area (Å²) in [4.78, 5) is 2.36. The third-order valence-electron chi connectivity index (χ3n) is 13.4. The zero-order chi connectivity index (χ0) is 42.2. The highest BCUT2D eigenvalue weighted by molar-refractivity contribution is 6.11. The average molecular weight is 818 g/mol. The molecule has 0 N–H and O–H groups in total. The number of furan rings is 2. The van der Waals surface area contributed by atoms with Gasteiger partial charge in [-0.3, -0.25) is 0 Å². The maximum Gasteiger partial charge on any atom is 0.159 e. The van der Waals surface area contributed by atoms with E-state index in [0.717, 1.165) is 83.2 Å². The molecule has 0 bridgehead atoms. The zero-order valence-electron chi connectivity index (χ0n) is 34.8. The number of rotatable bonds is 7. The molecule has 0 unspecified atom stereocenters. The Kier molecular flexibility index (Phi) is 8.13. The Morgan fingerprint density at radius 1 is 0.312 bits per heavy atom. The van der Waals surface area contributed by atoms with Crippen LogP contribution in [-0.4, -0.2) is 0 Å².